The van der Waals surface area contributed by atoms with Crippen molar-refractivity contribution in [1.29, 1.82) is 0 Å². The van der Waals surface area contributed by atoms with Crippen LogP contribution in [0.2, 0.25) is 0 Å². The third-order valence-corrected chi connectivity index (χ3v) is 6.66. The maximum Gasteiger partial charge on any atom is 0.238 e. The number of ether oxygens (including phenoxy) is 1. The number of carbonyl (C=O) groups is 2. The van der Waals surface area contributed by atoms with Crippen molar-refractivity contribution < 1.29 is 14.3 Å². The summed E-state index contributed by atoms with van der Waals surface area (Å²) >= 11 is 1.61. The van der Waals surface area contributed by atoms with Gasteiger partial charge in [0, 0.05) is 11.4 Å². The summed E-state index contributed by atoms with van der Waals surface area (Å²) in [6, 6.07) is 23.4. The van der Waals surface area contributed by atoms with Gasteiger partial charge < -0.3 is 10.1 Å². The molecule has 0 aliphatic carbocycles. The summed E-state index contributed by atoms with van der Waals surface area (Å²) in [4.78, 5) is 27.1. The fraction of sp³-hybridized carbons (Fsp3) is 0.231. The van der Waals surface area contributed by atoms with Gasteiger partial charge in [-0.1, -0.05) is 43.3 Å². The molecule has 4 rings (SSSR count). The number of methoxy groups -OCH3 is 1. The van der Waals surface area contributed by atoms with Gasteiger partial charge in [-0.15, -0.1) is 11.8 Å². The summed E-state index contributed by atoms with van der Waals surface area (Å²) in [5.74, 6) is 1.21. The number of anilines is 2. The number of aryl methyl sites for hydroxylation is 1. The number of hydrogen-bond acceptors (Lipinski definition) is 4. The van der Waals surface area contributed by atoms with Gasteiger partial charge in [-0.25, -0.2) is 0 Å². The summed E-state index contributed by atoms with van der Waals surface area (Å²) in [6.07, 6.45) is 1.20. The number of nitrogens with zero attached hydrogens (tertiary/aromatic N) is 1. The van der Waals surface area contributed by atoms with Crippen LogP contribution in [0.25, 0.3) is 0 Å². The average Bonchev–Trinajstić information content (AvgIpc) is 3.21. The highest BCUT2D eigenvalue weighted by Crippen LogP contribution is 2.42. The minimum Gasteiger partial charge on any atom is -0.497 e. The number of rotatable bonds is 7. The first-order chi connectivity index (χ1) is 15.6. The highest BCUT2D eigenvalue weighted by atomic mass is 32.2. The predicted molar refractivity (Wildman–Crippen MR) is 130 cm³/mol. The lowest BCUT2D eigenvalue weighted by molar-refractivity contribution is -0.116. The Morgan fingerprint density at radius 3 is 2.59 bits per heavy atom. The van der Waals surface area contributed by atoms with Crippen LogP contribution in [0.5, 0.6) is 5.75 Å². The van der Waals surface area contributed by atoms with Gasteiger partial charge in [0.15, 0.2) is 0 Å². The van der Waals surface area contributed by atoms with E-state index in [0.717, 1.165) is 34.7 Å². The van der Waals surface area contributed by atoms with Crippen LogP contribution in [-0.2, 0) is 22.4 Å². The number of nitrogens with one attached hydrogen (secondary N) is 1. The highest BCUT2D eigenvalue weighted by molar-refractivity contribution is 8.00. The maximum atomic E-state index is 12.7. The van der Waals surface area contributed by atoms with E-state index < -0.39 is 0 Å². The van der Waals surface area contributed by atoms with Crippen LogP contribution in [0.3, 0.4) is 0 Å². The minimum absolute atomic E-state index is 0.0880. The van der Waals surface area contributed by atoms with Crippen molar-refractivity contribution in [1.82, 2.24) is 0 Å². The molecule has 0 bridgehead atoms. The molecule has 0 spiro atoms. The number of hydrogen-bond donors (Lipinski definition) is 1. The molecule has 1 fully saturated rings. The molecule has 0 saturated carbocycles. The highest BCUT2D eigenvalue weighted by Gasteiger charge is 2.34. The van der Waals surface area contributed by atoms with Crippen LogP contribution in [0.1, 0.15) is 29.0 Å². The Labute approximate surface area is 192 Å². The Hall–Kier alpha value is -3.25. The van der Waals surface area contributed by atoms with Gasteiger partial charge in [-0.3, -0.25) is 14.5 Å². The number of thioether (sulfide) groups is 1. The molecular formula is C26H26N2O3S. The molecule has 3 aromatic rings. The first kappa shape index (κ1) is 22.0. The van der Waals surface area contributed by atoms with E-state index in [9.17, 15) is 9.59 Å². The van der Waals surface area contributed by atoms with Crippen LogP contribution < -0.4 is 15.0 Å². The lowest BCUT2D eigenvalue weighted by atomic mass is 10.1. The van der Waals surface area contributed by atoms with E-state index in [1.807, 2.05) is 65.6 Å². The molecule has 1 saturated heterocycles. The van der Waals surface area contributed by atoms with Crippen LogP contribution in [0, 0.1) is 0 Å². The monoisotopic (exact) mass is 446 g/mol. The van der Waals surface area contributed by atoms with E-state index >= 15 is 0 Å². The van der Waals surface area contributed by atoms with Crippen LogP contribution in [0.15, 0.2) is 72.8 Å². The van der Waals surface area contributed by atoms with E-state index in [1.165, 1.54) is 5.56 Å². The van der Waals surface area contributed by atoms with Crippen molar-refractivity contribution in [2.24, 2.45) is 0 Å². The van der Waals surface area contributed by atoms with Gasteiger partial charge in [0.2, 0.25) is 11.8 Å². The predicted octanol–water partition coefficient (Wildman–Crippen LogP) is 5.22. The molecule has 1 heterocycles. The summed E-state index contributed by atoms with van der Waals surface area (Å²) in [6.45, 7) is 2.11. The fourth-order valence-corrected chi connectivity index (χ4v) is 4.95. The molecular weight excluding hydrogens is 420 g/mol. The van der Waals surface area contributed by atoms with Crippen molar-refractivity contribution in [3.63, 3.8) is 0 Å². The summed E-state index contributed by atoms with van der Waals surface area (Å²) in [5, 5.41) is 2.87. The zero-order valence-electron chi connectivity index (χ0n) is 18.2. The molecule has 5 nitrogen and oxygen atoms in total. The van der Waals surface area contributed by atoms with Gasteiger partial charge in [-0.2, -0.15) is 0 Å². The molecule has 1 aliphatic rings. The van der Waals surface area contributed by atoms with Crippen molar-refractivity contribution >= 4 is 35.0 Å². The molecule has 3 aromatic carbocycles. The Morgan fingerprint density at radius 2 is 1.84 bits per heavy atom. The third kappa shape index (κ3) is 4.97. The van der Waals surface area contributed by atoms with Crippen LogP contribution in [0.4, 0.5) is 11.4 Å². The molecule has 1 N–H and O–H groups in total. The first-order valence-electron chi connectivity index (χ1n) is 10.6. The summed E-state index contributed by atoms with van der Waals surface area (Å²) in [5.41, 5.74) is 4.75. The van der Waals surface area contributed by atoms with E-state index in [0.29, 0.717) is 5.75 Å². The van der Waals surface area contributed by atoms with Crippen LogP contribution in [-0.4, -0.2) is 24.7 Å². The third-order valence-electron chi connectivity index (χ3n) is 5.44. The second kappa shape index (κ2) is 9.92. The number of amides is 2. The summed E-state index contributed by atoms with van der Waals surface area (Å²) in [7, 11) is 1.62. The molecule has 0 aromatic heterocycles. The van der Waals surface area contributed by atoms with E-state index in [4.69, 9.17) is 4.74 Å². The molecule has 164 valence electrons. The lowest BCUT2D eigenvalue weighted by Gasteiger charge is -2.25. The van der Waals surface area contributed by atoms with E-state index in [2.05, 4.69) is 24.4 Å². The van der Waals surface area contributed by atoms with Crippen molar-refractivity contribution in [2.45, 2.75) is 25.1 Å². The van der Waals surface area contributed by atoms with Gasteiger partial charge in [0.25, 0.3) is 0 Å². The van der Waals surface area contributed by atoms with Gasteiger partial charge >= 0.3 is 0 Å². The number of benzene rings is 3. The lowest BCUT2D eigenvalue weighted by Crippen LogP contribution is -2.28. The minimum atomic E-state index is -0.118. The van der Waals surface area contributed by atoms with E-state index in [1.54, 1.807) is 18.9 Å². The molecule has 1 atom stereocenters. The Bertz CT molecular complexity index is 1110. The average molecular weight is 447 g/mol. The Morgan fingerprint density at radius 1 is 1.06 bits per heavy atom. The molecule has 1 aliphatic heterocycles. The zero-order valence-corrected chi connectivity index (χ0v) is 19.0. The van der Waals surface area contributed by atoms with Gasteiger partial charge in [0.1, 0.15) is 11.1 Å². The van der Waals surface area contributed by atoms with Crippen molar-refractivity contribution in [2.75, 3.05) is 23.1 Å². The fourth-order valence-electron chi connectivity index (χ4n) is 3.78. The molecule has 6 heteroatoms. The first-order valence-corrected chi connectivity index (χ1v) is 11.7. The normalized spacial score (nSPS) is 15.6. The Balaban J connectivity index is 1.49. The number of carbonyl (C=O) groups excluding carboxylic acids is 2. The van der Waals surface area contributed by atoms with Gasteiger partial charge in [0.05, 0.1) is 19.3 Å². The van der Waals surface area contributed by atoms with Crippen molar-refractivity contribution in [3.05, 3.63) is 89.5 Å². The molecule has 0 unspecified atom stereocenters. The van der Waals surface area contributed by atoms with Crippen molar-refractivity contribution in [3.8, 4) is 5.75 Å². The topological polar surface area (TPSA) is 58.6 Å². The second-order valence-electron chi connectivity index (χ2n) is 7.65. The van der Waals surface area contributed by atoms with Gasteiger partial charge in [-0.05, 0) is 59.5 Å². The largest absolute Gasteiger partial charge is 0.497 e. The quantitative estimate of drug-likeness (QED) is 0.541. The molecule has 0 radical (unpaired) electrons. The smallest absolute Gasteiger partial charge is 0.238 e. The molecule has 32 heavy (non-hydrogen) atoms. The van der Waals surface area contributed by atoms with Crippen LogP contribution >= 0.6 is 11.8 Å². The maximum absolute atomic E-state index is 12.7. The second-order valence-corrected chi connectivity index (χ2v) is 8.72. The standard InChI is InChI=1S/C26H26N2O3S/c1-3-18-6-4-9-22(14-18)28-25(30)17-32-26(28)20-7-5-8-21(16-20)27-24(29)15-19-10-12-23(31-2)13-11-19/h4-14,16,26H,3,15,17H2,1-2H3,(H,27,29)/t26-/m0/s1. The van der Waals surface area contributed by atoms with E-state index in [-0.39, 0.29) is 23.6 Å². The molecule has 2 amide bonds. The SMILES string of the molecule is CCc1cccc(N2C(=O)CS[C@H]2c2cccc(NC(=O)Cc3ccc(OC)cc3)c2)c1. The Kier molecular flexibility index (Phi) is 6.81. The summed E-state index contributed by atoms with van der Waals surface area (Å²) < 4.78 is 5.16. The zero-order chi connectivity index (χ0) is 22.5.